The predicted molar refractivity (Wildman–Crippen MR) is 74.2 cm³/mol. The number of hydrogen-bond donors (Lipinski definition) is 1. The number of aliphatic hydroxyl groups is 1. The van der Waals surface area contributed by atoms with Gasteiger partial charge in [-0.3, -0.25) is 0 Å². The first-order valence-electron chi connectivity index (χ1n) is 6.06. The fourth-order valence-corrected chi connectivity index (χ4v) is 2.48. The normalized spacial score (nSPS) is 13.2. The van der Waals surface area contributed by atoms with Crippen LogP contribution in [-0.2, 0) is 12.6 Å². The van der Waals surface area contributed by atoms with E-state index in [1.54, 1.807) is 6.07 Å². The minimum absolute atomic E-state index is 0.113. The zero-order valence-electron chi connectivity index (χ0n) is 10.7. The first-order chi connectivity index (χ1) is 9.75. The molecule has 2 aromatic carbocycles. The molecule has 6 heteroatoms. The van der Waals surface area contributed by atoms with Crippen LogP contribution in [0.4, 0.5) is 17.6 Å². The van der Waals surface area contributed by atoms with Crippen LogP contribution < -0.4 is 0 Å². The van der Waals surface area contributed by atoms with Crippen LogP contribution in [0, 0.1) is 5.82 Å². The first-order valence-corrected chi connectivity index (χ1v) is 6.85. The molecule has 0 radical (unpaired) electrons. The number of rotatable bonds is 3. The van der Waals surface area contributed by atoms with Crippen LogP contribution in [0.15, 0.2) is 46.9 Å². The third kappa shape index (κ3) is 4.28. The molecule has 0 amide bonds. The molecule has 0 aliphatic heterocycles. The highest BCUT2D eigenvalue weighted by Crippen LogP contribution is 2.30. The molecular weight excluding hydrogens is 352 g/mol. The lowest BCUT2D eigenvalue weighted by atomic mass is 10.0. The lowest BCUT2D eigenvalue weighted by molar-refractivity contribution is -0.137. The monoisotopic (exact) mass is 362 g/mol. The topological polar surface area (TPSA) is 20.2 Å². The van der Waals surface area contributed by atoms with Crippen LogP contribution in [0.2, 0.25) is 0 Å². The van der Waals surface area contributed by atoms with Gasteiger partial charge in [-0.1, -0.05) is 28.1 Å². The number of aliphatic hydroxyl groups excluding tert-OH is 1. The Bertz CT molecular complexity index is 602. The maximum absolute atomic E-state index is 13.2. The molecule has 0 aromatic heterocycles. The summed E-state index contributed by atoms with van der Waals surface area (Å²) in [6, 6.07) is 8.49. The van der Waals surface area contributed by atoms with E-state index in [4.69, 9.17) is 0 Å². The zero-order chi connectivity index (χ0) is 15.6. The summed E-state index contributed by atoms with van der Waals surface area (Å²) in [5, 5.41) is 10.0. The van der Waals surface area contributed by atoms with Crippen molar-refractivity contribution in [3.05, 3.63) is 69.4 Å². The van der Waals surface area contributed by atoms with Gasteiger partial charge in [-0.25, -0.2) is 4.39 Å². The fourth-order valence-electron chi connectivity index (χ4n) is 1.96. The maximum Gasteiger partial charge on any atom is 0.416 e. The zero-order valence-corrected chi connectivity index (χ0v) is 12.2. The van der Waals surface area contributed by atoms with Gasteiger partial charge in [0.1, 0.15) is 5.82 Å². The molecule has 0 aliphatic rings. The van der Waals surface area contributed by atoms with Gasteiger partial charge < -0.3 is 5.11 Å². The van der Waals surface area contributed by atoms with Gasteiger partial charge in [-0.05, 0) is 41.5 Å². The van der Waals surface area contributed by atoms with Crippen molar-refractivity contribution in [3.8, 4) is 0 Å². The quantitative estimate of drug-likeness (QED) is 0.771. The molecule has 1 atom stereocenters. The summed E-state index contributed by atoms with van der Waals surface area (Å²) >= 11 is 3.14. The first kappa shape index (κ1) is 16.0. The van der Waals surface area contributed by atoms with E-state index < -0.39 is 23.7 Å². The Hall–Kier alpha value is -1.40. The summed E-state index contributed by atoms with van der Waals surface area (Å²) in [5.41, 5.74) is 0.129. The van der Waals surface area contributed by atoms with Crippen LogP contribution in [0.5, 0.6) is 0 Å². The van der Waals surface area contributed by atoms with Crippen molar-refractivity contribution < 1.29 is 22.7 Å². The predicted octanol–water partition coefficient (Wildman–Crippen LogP) is 4.88. The van der Waals surface area contributed by atoms with Gasteiger partial charge >= 0.3 is 6.18 Å². The molecule has 1 nitrogen and oxygen atoms in total. The highest BCUT2D eigenvalue weighted by atomic mass is 79.9. The molecule has 0 heterocycles. The SMILES string of the molecule is OC(Cc1cc(F)cc(Br)c1)c1ccc(C(F)(F)F)cc1. The van der Waals surface area contributed by atoms with Crippen LogP contribution in [0.1, 0.15) is 22.8 Å². The van der Waals surface area contributed by atoms with Gasteiger partial charge in [0.15, 0.2) is 0 Å². The standard InChI is InChI=1S/C15H11BrF4O/c16-12-5-9(6-13(17)8-12)7-14(21)10-1-3-11(4-2-10)15(18,19)20/h1-6,8,14,21H,7H2. The highest BCUT2D eigenvalue weighted by molar-refractivity contribution is 9.10. The molecule has 21 heavy (non-hydrogen) atoms. The number of alkyl halides is 3. The molecule has 1 N–H and O–H groups in total. The van der Waals surface area contributed by atoms with Crippen molar-refractivity contribution in [2.45, 2.75) is 18.7 Å². The van der Waals surface area contributed by atoms with Crippen LogP contribution in [-0.4, -0.2) is 5.11 Å². The van der Waals surface area contributed by atoms with E-state index in [1.165, 1.54) is 24.3 Å². The average molecular weight is 363 g/mol. The second-order valence-corrected chi connectivity index (χ2v) is 5.53. The van der Waals surface area contributed by atoms with Crippen molar-refractivity contribution in [1.29, 1.82) is 0 Å². The largest absolute Gasteiger partial charge is 0.416 e. The Morgan fingerprint density at radius 2 is 1.67 bits per heavy atom. The Balaban J connectivity index is 2.15. The van der Waals surface area contributed by atoms with Gasteiger partial charge in [-0.2, -0.15) is 13.2 Å². The summed E-state index contributed by atoms with van der Waals surface area (Å²) in [6.07, 6.45) is -5.29. The van der Waals surface area contributed by atoms with Gasteiger partial charge in [0.25, 0.3) is 0 Å². The van der Waals surface area contributed by atoms with Crippen LogP contribution >= 0.6 is 15.9 Å². The molecular formula is C15H11BrF4O. The summed E-state index contributed by atoms with van der Waals surface area (Å²) in [5.74, 6) is -0.445. The molecule has 0 saturated heterocycles. The lowest BCUT2D eigenvalue weighted by Crippen LogP contribution is -2.06. The van der Waals surface area contributed by atoms with Crippen molar-refractivity contribution in [2.75, 3.05) is 0 Å². The van der Waals surface area contributed by atoms with E-state index in [0.717, 1.165) is 12.1 Å². The van der Waals surface area contributed by atoms with Gasteiger partial charge in [0, 0.05) is 10.9 Å². The Morgan fingerprint density at radius 3 is 2.19 bits per heavy atom. The second-order valence-electron chi connectivity index (χ2n) is 4.62. The molecule has 112 valence electrons. The van der Waals surface area contributed by atoms with E-state index in [2.05, 4.69) is 15.9 Å². The number of hydrogen-bond acceptors (Lipinski definition) is 1. The second kappa shape index (κ2) is 6.15. The third-order valence-electron chi connectivity index (χ3n) is 2.97. The maximum atomic E-state index is 13.2. The molecule has 2 aromatic rings. The molecule has 0 aliphatic carbocycles. The summed E-state index contributed by atoms with van der Waals surface area (Å²) in [4.78, 5) is 0. The van der Waals surface area contributed by atoms with Crippen molar-refractivity contribution >= 4 is 15.9 Å². The van der Waals surface area contributed by atoms with Gasteiger partial charge in [-0.15, -0.1) is 0 Å². The summed E-state index contributed by atoms with van der Waals surface area (Å²) < 4.78 is 51.1. The molecule has 0 spiro atoms. The lowest BCUT2D eigenvalue weighted by Gasteiger charge is -2.13. The van der Waals surface area contributed by atoms with Gasteiger partial charge in [0.2, 0.25) is 0 Å². The summed E-state index contributed by atoms with van der Waals surface area (Å²) in [7, 11) is 0. The Morgan fingerprint density at radius 1 is 1.05 bits per heavy atom. The van der Waals surface area contributed by atoms with Crippen molar-refractivity contribution in [3.63, 3.8) is 0 Å². The van der Waals surface area contributed by atoms with E-state index >= 15 is 0 Å². The molecule has 1 unspecified atom stereocenters. The van der Waals surface area contributed by atoms with E-state index in [1.807, 2.05) is 0 Å². The van der Waals surface area contributed by atoms with Crippen LogP contribution in [0.3, 0.4) is 0 Å². The molecule has 0 saturated carbocycles. The van der Waals surface area contributed by atoms with E-state index in [-0.39, 0.29) is 6.42 Å². The minimum atomic E-state index is -4.41. The van der Waals surface area contributed by atoms with Crippen molar-refractivity contribution in [1.82, 2.24) is 0 Å². The highest BCUT2D eigenvalue weighted by Gasteiger charge is 2.30. The van der Waals surface area contributed by atoms with E-state index in [0.29, 0.717) is 15.6 Å². The number of halogens is 5. The Labute approximate surface area is 127 Å². The average Bonchev–Trinajstić information content (AvgIpc) is 2.36. The molecule has 0 fully saturated rings. The van der Waals surface area contributed by atoms with Gasteiger partial charge in [0.05, 0.1) is 11.7 Å². The third-order valence-corrected chi connectivity index (χ3v) is 3.43. The smallest absolute Gasteiger partial charge is 0.388 e. The number of benzene rings is 2. The van der Waals surface area contributed by atoms with Crippen molar-refractivity contribution in [2.24, 2.45) is 0 Å². The Kier molecular flexibility index (Phi) is 4.68. The fraction of sp³-hybridized carbons (Fsp3) is 0.200. The summed E-state index contributed by atoms with van der Waals surface area (Å²) in [6.45, 7) is 0. The molecule has 0 bridgehead atoms. The van der Waals surface area contributed by atoms with E-state index in [9.17, 15) is 22.7 Å². The van der Waals surface area contributed by atoms with Crippen LogP contribution in [0.25, 0.3) is 0 Å². The minimum Gasteiger partial charge on any atom is -0.388 e. The molecule has 2 rings (SSSR count).